The lowest BCUT2D eigenvalue weighted by molar-refractivity contribution is -0.118. The first-order chi connectivity index (χ1) is 12.5. The Hall–Kier alpha value is -2.52. The summed E-state index contributed by atoms with van der Waals surface area (Å²) in [6, 6.07) is 5.30. The van der Waals surface area contributed by atoms with Crippen molar-refractivity contribution in [2.75, 3.05) is 6.54 Å². The van der Waals surface area contributed by atoms with Gasteiger partial charge in [0.25, 0.3) is 0 Å². The van der Waals surface area contributed by atoms with Gasteiger partial charge >= 0.3 is 7.12 Å². The molecule has 0 fully saturated rings. The summed E-state index contributed by atoms with van der Waals surface area (Å²) in [5.41, 5.74) is 8.08. The van der Waals surface area contributed by atoms with Crippen molar-refractivity contribution in [1.29, 1.82) is 0 Å². The minimum atomic E-state index is -1.13. The molecule has 0 unspecified atom stereocenters. The van der Waals surface area contributed by atoms with E-state index in [0.717, 1.165) is 5.56 Å². The van der Waals surface area contributed by atoms with Gasteiger partial charge in [0.2, 0.25) is 0 Å². The van der Waals surface area contributed by atoms with E-state index >= 15 is 0 Å². The van der Waals surface area contributed by atoms with Gasteiger partial charge in [0.1, 0.15) is 11.5 Å². The molecule has 1 aliphatic rings. The zero-order valence-corrected chi connectivity index (χ0v) is 14.6. The van der Waals surface area contributed by atoms with Gasteiger partial charge in [0.15, 0.2) is 5.78 Å². The summed E-state index contributed by atoms with van der Waals surface area (Å²) < 4.78 is 5.57. The molecule has 0 bridgehead atoms. The molecule has 4 N–H and O–H groups in total. The molecule has 0 saturated carbocycles. The van der Waals surface area contributed by atoms with Crippen molar-refractivity contribution in [3.8, 4) is 5.75 Å². The highest BCUT2D eigenvalue weighted by atomic mass is 16.5. The van der Waals surface area contributed by atoms with Gasteiger partial charge in [-0.25, -0.2) is 0 Å². The Bertz CT molecular complexity index is 823. The van der Waals surface area contributed by atoms with Gasteiger partial charge < -0.3 is 15.4 Å². The molecule has 0 amide bonds. The normalized spacial score (nSPS) is 16.1. The number of carbonyl (C=O) groups is 2. The first-order valence-corrected chi connectivity index (χ1v) is 8.57. The highest BCUT2D eigenvalue weighted by Gasteiger charge is 2.37. The smallest absolute Gasteiger partial charge is 0.526 e. The van der Waals surface area contributed by atoms with Crippen LogP contribution in [0.3, 0.4) is 0 Å². The third-order valence-corrected chi connectivity index (χ3v) is 4.54. The van der Waals surface area contributed by atoms with Crippen molar-refractivity contribution < 1.29 is 19.3 Å². The Labute approximate surface area is 151 Å². The molecule has 2 heterocycles. The lowest BCUT2D eigenvalue weighted by Gasteiger charge is -2.28. The molecule has 1 aromatic heterocycles. The number of ketones is 2. The average Bonchev–Trinajstić information content (AvgIpc) is 3.02. The Morgan fingerprint density at radius 3 is 2.88 bits per heavy atom. The predicted molar refractivity (Wildman–Crippen MR) is 95.0 cm³/mol. The van der Waals surface area contributed by atoms with Gasteiger partial charge in [-0.15, -0.1) is 0 Å². The SMILES string of the molecule is CC(=O)c1cccc2c1OB(O)[C@@H](CC(=O)Cc1n[nH]nc1CCN)C2. The summed E-state index contributed by atoms with van der Waals surface area (Å²) in [5.74, 6) is -0.141. The number of fused-ring (bicyclic) bond motifs is 1. The van der Waals surface area contributed by atoms with E-state index in [1.807, 2.05) is 6.07 Å². The van der Waals surface area contributed by atoms with E-state index in [9.17, 15) is 14.6 Å². The molecule has 1 aromatic carbocycles. The van der Waals surface area contributed by atoms with Crippen molar-refractivity contribution in [2.45, 2.75) is 38.4 Å². The number of H-pyrrole nitrogens is 1. The number of carbonyl (C=O) groups excluding carboxylic acids is 2. The van der Waals surface area contributed by atoms with Crippen LogP contribution in [0.15, 0.2) is 18.2 Å². The number of nitrogens with one attached hydrogen (secondary N) is 1. The van der Waals surface area contributed by atoms with Gasteiger partial charge in [-0.2, -0.15) is 15.4 Å². The Morgan fingerprint density at radius 1 is 1.38 bits per heavy atom. The van der Waals surface area contributed by atoms with Crippen LogP contribution in [0.1, 0.15) is 40.7 Å². The summed E-state index contributed by atoms with van der Waals surface area (Å²) >= 11 is 0. The first kappa shape index (κ1) is 18.3. The number of aromatic nitrogens is 3. The summed E-state index contributed by atoms with van der Waals surface area (Å²) in [5, 5.41) is 20.8. The summed E-state index contributed by atoms with van der Waals surface area (Å²) in [4.78, 5) is 24.1. The molecule has 1 atom stereocenters. The van der Waals surface area contributed by atoms with Gasteiger partial charge in [-0.3, -0.25) is 9.59 Å². The highest BCUT2D eigenvalue weighted by Crippen LogP contribution is 2.36. The fourth-order valence-electron chi connectivity index (χ4n) is 3.24. The van der Waals surface area contributed by atoms with Crippen molar-refractivity contribution in [2.24, 2.45) is 5.73 Å². The van der Waals surface area contributed by atoms with Crippen molar-refractivity contribution in [3.05, 3.63) is 40.7 Å². The number of rotatable bonds is 7. The minimum Gasteiger partial charge on any atom is -0.535 e. The number of aromatic amines is 1. The predicted octanol–water partition coefficient (Wildman–Crippen LogP) is 0.496. The molecule has 0 spiro atoms. The number of hydrogen-bond acceptors (Lipinski definition) is 7. The molecular formula is C17H21BN4O4. The van der Waals surface area contributed by atoms with E-state index < -0.39 is 7.12 Å². The molecular weight excluding hydrogens is 335 g/mol. The van der Waals surface area contributed by atoms with Crippen LogP contribution in [-0.4, -0.2) is 45.7 Å². The Kier molecular flexibility index (Phi) is 5.48. The zero-order valence-electron chi connectivity index (χ0n) is 14.6. The molecule has 2 aromatic rings. The lowest BCUT2D eigenvalue weighted by atomic mass is 9.64. The maximum atomic E-state index is 12.4. The zero-order chi connectivity index (χ0) is 18.7. The second-order valence-electron chi connectivity index (χ2n) is 6.50. The van der Waals surface area contributed by atoms with Crippen molar-refractivity contribution in [1.82, 2.24) is 15.4 Å². The number of Topliss-reactive ketones (excluding diaryl/α,β-unsaturated/α-hetero) is 2. The van der Waals surface area contributed by atoms with Crippen LogP contribution in [-0.2, 0) is 24.1 Å². The highest BCUT2D eigenvalue weighted by molar-refractivity contribution is 6.47. The molecule has 26 heavy (non-hydrogen) atoms. The van der Waals surface area contributed by atoms with Crippen LogP contribution in [0.4, 0.5) is 0 Å². The molecule has 1 aliphatic heterocycles. The fraction of sp³-hybridized carbons (Fsp3) is 0.412. The summed E-state index contributed by atoms with van der Waals surface area (Å²) in [7, 11) is -1.13. The number of nitrogens with zero attached hydrogens (tertiary/aromatic N) is 2. The van der Waals surface area contributed by atoms with Crippen LogP contribution < -0.4 is 10.4 Å². The van der Waals surface area contributed by atoms with E-state index in [-0.39, 0.29) is 30.2 Å². The third-order valence-electron chi connectivity index (χ3n) is 4.54. The van der Waals surface area contributed by atoms with Crippen molar-refractivity contribution in [3.63, 3.8) is 0 Å². The van der Waals surface area contributed by atoms with Crippen LogP contribution in [0.2, 0.25) is 5.82 Å². The lowest BCUT2D eigenvalue weighted by Crippen LogP contribution is -2.36. The van der Waals surface area contributed by atoms with E-state index in [0.29, 0.717) is 42.1 Å². The maximum absolute atomic E-state index is 12.4. The summed E-state index contributed by atoms with van der Waals surface area (Å²) in [6.45, 7) is 1.88. The number of benzene rings is 1. The van der Waals surface area contributed by atoms with E-state index in [2.05, 4.69) is 15.4 Å². The van der Waals surface area contributed by atoms with Gasteiger partial charge in [-0.1, -0.05) is 12.1 Å². The van der Waals surface area contributed by atoms with Crippen molar-refractivity contribution >= 4 is 18.7 Å². The Balaban J connectivity index is 1.69. The number of hydrogen-bond donors (Lipinski definition) is 3. The number of nitrogens with two attached hydrogens (primary N) is 1. The fourth-order valence-corrected chi connectivity index (χ4v) is 3.24. The molecule has 8 nitrogen and oxygen atoms in total. The van der Waals surface area contributed by atoms with E-state index in [1.54, 1.807) is 12.1 Å². The average molecular weight is 356 g/mol. The molecule has 0 radical (unpaired) electrons. The summed E-state index contributed by atoms with van der Waals surface area (Å²) in [6.07, 6.45) is 1.31. The van der Waals surface area contributed by atoms with Gasteiger partial charge in [-0.05, 0) is 31.5 Å². The maximum Gasteiger partial charge on any atom is 0.526 e. The molecule has 3 rings (SSSR count). The van der Waals surface area contributed by atoms with Crippen LogP contribution in [0.25, 0.3) is 0 Å². The van der Waals surface area contributed by atoms with E-state index in [1.165, 1.54) is 6.92 Å². The monoisotopic (exact) mass is 356 g/mol. The van der Waals surface area contributed by atoms with Crippen LogP contribution >= 0.6 is 0 Å². The largest absolute Gasteiger partial charge is 0.535 e. The van der Waals surface area contributed by atoms with Crippen LogP contribution in [0.5, 0.6) is 5.75 Å². The second kappa shape index (κ2) is 7.80. The first-order valence-electron chi connectivity index (χ1n) is 8.57. The van der Waals surface area contributed by atoms with Gasteiger partial charge in [0, 0.05) is 18.7 Å². The topological polar surface area (TPSA) is 131 Å². The standard InChI is InChI=1S/C17H21BN4O4/c1-10(23)14-4-2-3-11-7-12(18(25)26-17(11)14)8-13(24)9-16-15(5-6-19)20-22-21-16/h2-4,12,25H,5-9,19H2,1H3,(H,20,21,22)/t12-/m1/s1. The molecule has 0 saturated heterocycles. The van der Waals surface area contributed by atoms with Crippen LogP contribution in [0, 0.1) is 0 Å². The quantitative estimate of drug-likeness (QED) is 0.486. The van der Waals surface area contributed by atoms with Gasteiger partial charge in [0.05, 0.1) is 23.4 Å². The second-order valence-corrected chi connectivity index (χ2v) is 6.50. The third kappa shape index (κ3) is 3.84. The minimum absolute atomic E-state index is 0.0593. The van der Waals surface area contributed by atoms with E-state index in [4.69, 9.17) is 10.4 Å². The Morgan fingerprint density at radius 2 is 2.15 bits per heavy atom. The molecule has 0 aliphatic carbocycles. The molecule has 9 heteroatoms. The number of para-hydroxylation sites is 1. The molecule has 136 valence electrons.